The summed E-state index contributed by atoms with van der Waals surface area (Å²) < 4.78 is 21.8. The van der Waals surface area contributed by atoms with Crippen molar-refractivity contribution >= 4 is 19.5 Å². The van der Waals surface area contributed by atoms with Crippen LogP contribution in [0.25, 0.3) is 0 Å². The van der Waals surface area contributed by atoms with Crippen molar-refractivity contribution in [1.29, 1.82) is 0 Å². The molecule has 1 fully saturated rings. The maximum absolute atomic E-state index is 11.7. The van der Waals surface area contributed by atoms with Crippen LogP contribution in [0.4, 0.5) is 0 Å². The Morgan fingerprint density at radius 3 is 2.42 bits per heavy atom. The van der Waals surface area contributed by atoms with Crippen molar-refractivity contribution in [3.8, 4) is 0 Å². The van der Waals surface area contributed by atoms with Crippen molar-refractivity contribution in [2.24, 2.45) is 0 Å². The molecule has 1 aliphatic heterocycles. The number of carboxylic acids is 1. The summed E-state index contributed by atoms with van der Waals surface area (Å²) in [5, 5.41) is 37.0. The predicted molar refractivity (Wildman–Crippen MR) is 63.2 cm³/mol. The number of ether oxygens (including phenoxy) is 2. The number of aliphatic hydroxyl groups excluding tert-OH is 3. The number of carboxylic acid groups (broad SMARTS) is 1. The first-order valence-corrected chi connectivity index (χ1v) is 11.5. The molecule has 1 rings (SSSR count). The second-order valence-electron chi connectivity index (χ2n) is 4.97. The molecule has 1 heterocycles. The monoisotopic (exact) mass is 342 g/mol. The maximum atomic E-state index is 11.7. The molecule has 8 nitrogen and oxygen atoms in total. The molecule has 0 aromatic heterocycles. The summed E-state index contributed by atoms with van der Waals surface area (Å²) in [6.07, 6.45) is -6.41. The van der Waals surface area contributed by atoms with Gasteiger partial charge in [-0.15, -0.1) is 0 Å². The van der Waals surface area contributed by atoms with Crippen molar-refractivity contribution < 1.29 is 38.4 Å². The van der Waals surface area contributed by atoms with Gasteiger partial charge in [-0.1, -0.05) is 0 Å². The van der Waals surface area contributed by atoms with E-state index in [1.165, 1.54) is 0 Å². The van der Waals surface area contributed by atoms with E-state index in [1.807, 2.05) is 0 Å². The fraction of sp³-hybridized carbons (Fsp3) is 0.900. The second kappa shape index (κ2) is 6.39. The van der Waals surface area contributed by atoms with Crippen LogP contribution < -0.4 is 0 Å². The first-order valence-electron chi connectivity index (χ1n) is 5.70. The first-order chi connectivity index (χ1) is 8.61. The summed E-state index contributed by atoms with van der Waals surface area (Å²) in [6, 6.07) is 0. The summed E-state index contributed by atoms with van der Waals surface area (Å²) in [4.78, 5) is 10.4. The van der Waals surface area contributed by atoms with E-state index in [-0.39, 0.29) is 5.21 Å². The van der Waals surface area contributed by atoms with Gasteiger partial charge in [-0.2, -0.15) is 0 Å². The van der Waals surface area contributed by atoms with Crippen molar-refractivity contribution in [3.05, 3.63) is 0 Å². The number of aliphatic hydroxyl groups is 3. The Morgan fingerprint density at radius 2 is 1.95 bits per heavy atom. The van der Waals surface area contributed by atoms with E-state index in [0.717, 1.165) is 0 Å². The molecule has 112 valence electrons. The van der Waals surface area contributed by atoms with E-state index in [1.54, 1.807) is 11.4 Å². The average molecular weight is 342 g/mol. The Labute approximate surface area is 112 Å². The van der Waals surface area contributed by atoms with Crippen molar-refractivity contribution in [3.63, 3.8) is 0 Å². The molecule has 0 aliphatic carbocycles. The van der Waals surface area contributed by atoms with Crippen LogP contribution >= 0.6 is 0 Å². The van der Waals surface area contributed by atoms with Gasteiger partial charge in [0.05, 0.1) is 0 Å². The molecule has 0 aromatic rings. The summed E-state index contributed by atoms with van der Waals surface area (Å²) in [5.41, 5.74) is 3.17. The Kier molecular flexibility index (Phi) is 5.61. The van der Waals surface area contributed by atoms with E-state index >= 15 is 0 Å². The number of hydrogen-bond donors (Lipinski definition) is 4. The van der Waals surface area contributed by atoms with Gasteiger partial charge in [0.15, 0.2) is 0 Å². The van der Waals surface area contributed by atoms with E-state index in [0.29, 0.717) is 0 Å². The predicted octanol–water partition coefficient (Wildman–Crippen LogP) is -1.47. The molecule has 1 aliphatic rings. The summed E-state index contributed by atoms with van der Waals surface area (Å²) >= 11 is -3.06. The first kappa shape index (κ1) is 16.7. The van der Waals surface area contributed by atoms with Gasteiger partial charge in [-0.25, -0.2) is 0 Å². The topological polar surface area (TPSA) is 134 Å². The van der Waals surface area contributed by atoms with E-state index in [4.69, 9.17) is 19.7 Å². The molecule has 9 heteroatoms. The van der Waals surface area contributed by atoms with Crippen LogP contribution in [0, 0.1) is 0 Å². The van der Waals surface area contributed by atoms with Crippen LogP contribution in [-0.4, -0.2) is 77.2 Å². The van der Waals surface area contributed by atoms with Gasteiger partial charge in [0.25, 0.3) is 0 Å². The molecule has 4 N–H and O–H groups in total. The number of aliphatic carboxylic acids is 1. The van der Waals surface area contributed by atoms with Crippen LogP contribution in [0.1, 0.15) is 0 Å². The van der Waals surface area contributed by atoms with Crippen LogP contribution in [0.3, 0.4) is 0 Å². The van der Waals surface area contributed by atoms with Crippen molar-refractivity contribution in [1.82, 2.24) is 0 Å². The second-order valence-corrected chi connectivity index (χ2v) is 12.3. The van der Waals surface area contributed by atoms with Crippen LogP contribution in [0.5, 0.6) is 0 Å². The van der Waals surface area contributed by atoms with Crippen molar-refractivity contribution in [2.45, 2.75) is 47.3 Å². The van der Waals surface area contributed by atoms with Gasteiger partial charge >= 0.3 is 112 Å². The van der Waals surface area contributed by atoms with Gasteiger partial charge in [-0.05, 0) is 0 Å². The Balaban J connectivity index is 2.54. The minimum atomic E-state index is -3.06. The molecule has 0 saturated carbocycles. The molecule has 0 radical (unpaired) electrons. The molecule has 0 bridgehead atoms. The molecule has 0 amide bonds. The zero-order chi connectivity index (χ0) is 14.8. The quantitative estimate of drug-likeness (QED) is 0.430. The molecular formula is C10H19AsO8. The van der Waals surface area contributed by atoms with Gasteiger partial charge in [0.2, 0.25) is 0 Å². The molecule has 0 aromatic carbocycles. The van der Waals surface area contributed by atoms with Gasteiger partial charge in [0, 0.05) is 0 Å². The van der Waals surface area contributed by atoms with E-state index in [9.17, 15) is 18.7 Å². The Bertz CT molecular complexity index is 367. The molecule has 1 saturated heterocycles. The van der Waals surface area contributed by atoms with E-state index < -0.39 is 56.8 Å². The van der Waals surface area contributed by atoms with Gasteiger partial charge in [-0.3, -0.25) is 0 Å². The standard InChI is InChI=1S/C10H19AsO8/c1-11(2,17)3-6-7(13)8(14)10(19-6)18-4-5(12)9(15)16/h5-8,10,12-14H,3-4H2,1-2H3,(H,15,16)/t5-,6-,7-,8-,10-/m1/s1. The third-order valence-corrected chi connectivity index (χ3v) is 5.24. The van der Waals surface area contributed by atoms with Crippen LogP contribution in [-0.2, 0) is 18.0 Å². The van der Waals surface area contributed by atoms with Crippen LogP contribution in [0.15, 0.2) is 0 Å². The van der Waals surface area contributed by atoms with Gasteiger partial charge < -0.3 is 0 Å². The normalized spacial score (nSPS) is 33.3. The third-order valence-electron chi connectivity index (χ3n) is 2.64. The zero-order valence-corrected chi connectivity index (χ0v) is 12.5. The summed E-state index contributed by atoms with van der Waals surface area (Å²) in [5.74, 6) is -1.46. The fourth-order valence-electron chi connectivity index (χ4n) is 1.69. The van der Waals surface area contributed by atoms with E-state index in [2.05, 4.69) is 0 Å². The molecule has 0 unspecified atom stereocenters. The molecule has 5 atom stereocenters. The minimum absolute atomic E-state index is 0.137. The number of carbonyl (C=O) groups is 1. The SMILES string of the molecule is C[As](C)(=O)C[C@H]1O[C@@H](OC[C@@H](O)C(=O)O)[C@H](O)[C@@H]1O. The van der Waals surface area contributed by atoms with Crippen molar-refractivity contribution in [2.75, 3.05) is 6.61 Å². The fourth-order valence-corrected chi connectivity index (χ4v) is 4.15. The summed E-state index contributed by atoms with van der Waals surface area (Å²) in [7, 11) is 0. The molecule has 0 spiro atoms. The number of hydrogen-bond acceptors (Lipinski definition) is 7. The number of rotatable bonds is 6. The average Bonchev–Trinajstić information content (AvgIpc) is 2.52. The third kappa shape index (κ3) is 4.90. The Morgan fingerprint density at radius 1 is 1.37 bits per heavy atom. The Hall–Kier alpha value is -0.372. The summed E-state index contributed by atoms with van der Waals surface area (Å²) in [6.45, 7) is -0.572. The molecular weight excluding hydrogens is 323 g/mol. The van der Waals surface area contributed by atoms with Gasteiger partial charge in [0.1, 0.15) is 0 Å². The zero-order valence-electron chi connectivity index (χ0n) is 10.7. The van der Waals surface area contributed by atoms with Crippen LogP contribution in [0.2, 0.25) is 16.6 Å². The molecule has 19 heavy (non-hydrogen) atoms.